The van der Waals surface area contributed by atoms with Gasteiger partial charge in [-0.3, -0.25) is 0 Å². The van der Waals surface area contributed by atoms with Crippen molar-refractivity contribution in [3.63, 3.8) is 0 Å². The average molecular weight is 201 g/mol. The van der Waals surface area contributed by atoms with Gasteiger partial charge in [0.05, 0.1) is 11.9 Å². The summed E-state index contributed by atoms with van der Waals surface area (Å²) in [6, 6.07) is 10.2. The van der Waals surface area contributed by atoms with E-state index in [1.807, 2.05) is 36.1 Å². The van der Waals surface area contributed by atoms with Gasteiger partial charge in [-0.15, -0.1) is 0 Å². The molecule has 1 aromatic heterocycles. The van der Waals surface area contributed by atoms with Crippen LogP contribution in [0.3, 0.4) is 0 Å². The van der Waals surface area contributed by atoms with Crippen LogP contribution in [0.5, 0.6) is 0 Å². The van der Waals surface area contributed by atoms with Crippen molar-refractivity contribution in [2.24, 2.45) is 0 Å². The molecule has 0 unspecified atom stereocenters. The lowest BCUT2D eigenvalue weighted by Crippen LogP contribution is -2.06. The van der Waals surface area contributed by atoms with Crippen LogP contribution in [0, 0.1) is 6.92 Å². The van der Waals surface area contributed by atoms with Gasteiger partial charge < -0.3 is 5.32 Å². The van der Waals surface area contributed by atoms with Crippen molar-refractivity contribution in [3.8, 4) is 5.69 Å². The van der Waals surface area contributed by atoms with Crippen LogP contribution in [0.4, 0.5) is 0 Å². The number of nitrogens with one attached hydrogen (secondary N) is 1. The SMILES string of the molecule is CNCc1cnn(-c2ccccc2)c1C. The first-order chi connectivity index (χ1) is 7.33. The highest BCUT2D eigenvalue weighted by molar-refractivity contribution is 5.34. The summed E-state index contributed by atoms with van der Waals surface area (Å²) in [4.78, 5) is 0. The van der Waals surface area contributed by atoms with E-state index < -0.39 is 0 Å². The summed E-state index contributed by atoms with van der Waals surface area (Å²) in [5, 5.41) is 7.52. The Morgan fingerprint density at radius 1 is 1.27 bits per heavy atom. The van der Waals surface area contributed by atoms with Crippen LogP contribution < -0.4 is 5.32 Å². The van der Waals surface area contributed by atoms with Gasteiger partial charge in [0, 0.05) is 17.8 Å². The quantitative estimate of drug-likeness (QED) is 0.822. The van der Waals surface area contributed by atoms with Crippen LogP contribution in [-0.4, -0.2) is 16.8 Å². The number of aromatic nitrogens is 2. The zero-order valence-electron chi connectivity index (χ0n) is 9.07. The van der Waals surface area contributed by atoms with Gasteiger partial charge in [-0.05, 0) is 26.1 Å². The Bertz CT molecular complexity index is 431. The zero-order valence-corrected chi connectivity index (χ0v) is 9.07. The normalized spacial score (nSPS) is 10.5. The standard InChI is InChI=1S/C12H15N3/c1-10-11(8-13-2)9-14-15(10)12-6-4-3-5-7-12/h3-7,9,13H,8H2,1-2H3. The fourth-order valence-corrected chi connectivity index (χ4v) is 1.64. The molecule has 0 aliphatic heterocycles. The number of nitrogens with zero attached hydrogens (tertiary/aromatic N) is 2. The summed E-state index contributed by atoms with van der Waals surface area (Å²) < 4.78 is 1.96. The first-order valence-corrected chi connectivity index (χ1v) is 5.06. The van der Waals surface area contributed by atoms with Gasteiger partial charge >= 0.3 is 0 Å². The van der Waals surface area contributed by atoms with Gasteiger partial charge in [-0.1, -0.05) is 18.2 Å². The third-order valence-electron chi connectivity index (χ3n) is 2.48. The number of benzene rings is 1. The zero-order chi connectivity index (χ0) is 10.7. The molecule has 2 rings (SSSR count). The van der Waals surface area contributed by atoms with Crippen molar-refractivity contribution in [2.75, 3.05) is 7.05 Å². The van der Waals surface area contributed by atoms with Crippen molar-refractivity contribution >= 4 is 0 Å². The molecule has 0 saturated heterocycles. The first-order valence-electron chi connectivity index (χ1n) is 5.06. The lowest BCUT2D eigenvalue weighted by atomic mass is 10.2. The number of para-hydroxylation sites is 1. The Labute approximate surface area is 89.7 Å². The molecule has 0 atom stereocenters. The number of rotatable bonds is 3. The lowest BCUT2D eigenvalue weighted by molar-refractivity contribution is 0.801. The third kappa shape index (κ3) is 1.92. The van der Waals surface area contributed by atoms with E-state index in [9.17, 15) is 0 Å². The fourth-order valence-electron chi connectivity index (χ4n) is 1.64. The molecular weight excluding hydrogens is 186 g/mol. The molecule has 0 fully saturated rings. The summed E-state index contributed by atoms with van der Waals surface area (Å²) in [6.45, 7) is 2.95. The maximum Gasteiger partial charge on any atom is 0.0648 e. The van der Waals surface area contributed by atoms with Crippen LogP contribution >= 0.6 is 0 Å². The van der Waals surface area contributed by atoms with Crippen molar-refractivity contribution in [3.05, 3.63) is 47.8 Å². The van der Waals surface area contributed by atoms with E-state index in [0.717, 1.165) is 12.2 Å². The predicted octanol–water partition coefficient (Wildman–Crippen LogP) is 1.90. The molecule has 2 aromatic rings. The van der Waals surface area contributed by atoms with Crippen molar-refractivity contribution < 1.29 is 0 Å². The van der Waals surface area contributed by atoms with Crippen LogP contribution in [0.2, 0.25) is 0 Å². The molecule has 1 aromatic carbocycles. The molecule has 0 bridgehead atoms. The minimum absolute atomic E-state index is 0.860. The predicted molar refractivity (Wildman–Crippen MR) is 61.1 cm³/mol. The fraction of sp³-hybridized carbons (Fsp3) is 0.250. The second kappa shape index (κ2) is 4.28. The number of hydrogen-bond acceptors (Lipinski definition) is 2. The molecule has 0 aliphatic carbocycles. The topological polar surface area (TPSA) is 29.9 Å². The maximum atomic E-state index is 4.38. The molecule has 0 amide bonds. The van der Waals surface area contributed by atoms with Crippen LogP contribution in [-0.2, 0) is 6.54 Å². The van der Waals surface area contributed by atoms with E-state index in [0.29, 0.717) is 0 Å². The Morgan fingerprint density at radius 3 is 2.67 bits per heavy atom. The van der Waals surface area contributed by atoms with Crippen molar-refractivity contribution in [2.45, 2.75) is 13.5 Å². The van der Waals surface area contributed by atoms with E-state index in [-0.39, 0.29) is 0 Å². The minimum atomic E-state index is 0.860. The lowest BCUT2D eigenvalue weighted by Gasteiger charge is -2.04. The van der Waals surface area contributed by atoms with E-state index in [1.54, 1.807) is 0 Å². The highest BCUT2D eigenvalue weighted by atomic mass is 15.3. The van der Waals surface area contributed by atoms with Gasteiger partial charge in [-0.2, -0.15) is 5.10 Å². The van der Waals surface area contributed by atoms with E-state index in [2.05, 4.69) is 29.5 Å². The van der Waals surface area contributed by atoms with Crippen LogP contribution in [0.15, 0.2) is 36.5 Å². The summed E-state index contributed by atoms with van der Waals surface area (Å²) in [5.41, 5.74) is 3.54. The molecule has 3 nitrogen and oxygen atoms in total. The Kier molecular flexibility index (Phi) is 2.83. The van der Waals surface area contributed by atoms with Crippen LogP contribution in [0.1, 0.15) is 11.3 Å². The first kappa shape index (κ1) is 9.93. The maximum absolute atomic E-state index is 4.38. The molecular formula is C12H15N3. The summed E-state index contributed by atoms with van der Waals surface area (Å²) in [7, 11) is 1.94. The molecule has 0 saturated carbocycles. The van der Waals surface area contributed by atoms with Gasteiger partial charge in [0.1, 0.15) is 0 Å². The molecule has 0 spiro atoms. The van der Waals surface area contributed by atoms with Gasteiger partial charge in [0.15, 0.2) is 0 Å². The van der Waals surface area contributed by atoms with Gasteiger partial charge in [0.2, 0.25) is 0 Å². The largest absolute Gasteiger partial charge is 0.316 e. The summed E-state index contributed by atoms with van der Waals surface area (Å²) >= 11 is 0. The average Bonchev–Trinajstić information content (AvgIpc) is 2.63. The van der Waals surface area contributed by atoms with Crippen LogP contribution in [0.25, 0.3) is 5.69 Å². The smallest absolute Gasteiger partial charge is 0.0648 e. The molecule has 15 heavy (non-hydrogen) atoms. The highest BCUT2D eigenvalue weighted by Crippen LogP contribution is 2.13. The van der Waals surface area contributed by atoms with Crippen molar-refractivity contribution in [1.82, 2.24) is 15.1 Å². The molecule has 78 valence electrons. The second-order valence-electron chi connectivity index (χ2n) is 3.53. The second-order valence-corrected chi connectivity index (χ2v) is 3.53. The Hall–Kier alpha value is -1.61. The molecule has 1 N–H and O–H groups in total. The van der Waals surface area contributed by atoms with E-state index in [1.165, 1.54) is 11.3 Å². The number of hydrogen-bond donors (Lipinski definition) is 1. The minimum Gasteiger partial charge on any atom is -0.316 e. The highest BCUT2D eigenvalue weighted by Gasteiger charge is 2.06. The summed E-state index contributed by atoms with van der Waals surface area (Å²) in [5.74, 6) is 0. The monoisotopic (exact) mass is 201 g/mol. The molecule has 1 heterocycles. The Balaban J connectivity index is 2.38. The molecule has 0 aliphatic rings. The molecule has 0 radical (unpaired) electrons. The van der Waals surface area contributed by atoms with Gasteiger partial charge in [-0.25, -0.2) is 4.68 Å². The Morgan fingerprint density at radius 2 is 2.00 bits per heavy atom. The van der Waals surface area contributed by atoms with E-state index >= 15 is 0 Å². The third-order valence-corrected chi connectivity index (χ3v) is 2.48. The molecule has 3 heteroatoms. The van der Waals surface area contributed by atoms with Gasteiger partial charge in [0.25, 0.3) is 0 Å². The summed E-state index contributed by atoms with van der Waals surface area (Å²) in [6.07, 6.45) is 1.92. The van der Waals surface area contributed by atoms with E-state index in [4.69, 9.17) is 0 Å². The van der Waals surface area contributed by atoms with Crippen molar-refractivity contribution in [1.29, 1.82) is 0 Å².